The summed E-state index contributed by atoms with van der Waals surface area (Å²) in [7, 11) is 3.23. The van der Waals surface area contributed by atoms with Gasteiger partial charge in [-0.05, 0) is 37.5 Å². The first kappa shape index (κ1) is 18.0. The summed E-state index contributed by atoms with van der Waals surface area (Å²) in [5.74, 6) is 2.77. The minimum Gasteiger partial charge on any atom is -0.500 e. The molecule has 1 aromatic rings. The van der Waals surface area contributed by atoms with Crippen LogP contribution in [0.15, 0.2) is 36.5 Å². The number of ether oxygens (including phenoxy) is 4. The van der Waals surface area contributed by atoms with E-state index in [0.717, 1.165) is 22.6 Å². The van der Waals surface area contributed by atoms with E-state index >= 15 is 0 Å². The molecule has 4 nitrogen and oxygen atoms in total. The van der Waals surface area contributed by atoms with Gasteiger partial charge in [0.2, 0.25) is 5.76 Å². The maximum atomic E-state index is 6.00. The van der Waals surface area contributed by atoms with Crippen molar-refractivity contribution in [2.75, 3.05) is 20.8 Å². The minimum absolute atomic E-state index is 0.286. The first-order chi connectivity index (χ1) is 10.4. The summed E-state index contributed by atoms with van der Waals surface area (Å²) in [6.07, 6.45) is 1.49. The third kappa shape index (κ3) is 4.45. The van der Waals surface area contributed by atoms with Crippen molar-refractivity contribution in [2.45, 2.75) is 33.6 Å². The Hall–Kier alpha value is -2.10. The first-order valence-electron chi connectivity index (χ1n) is 7.35. The summed E-state index contributed by atoms with van der Waals surface area (Å²) in [5.41, 5.74) is 2.05. The molecule has 0 spiro atoms. The van der Waals surface area contributed by atoms with E-state index in [2.05, 4.69) is 20.4 Å². The lowest BCUT2D eigenvalue weighted by atomic mass is 10.00. The van der Waals surface area contributed by atoms with Gasteiger partial charge in [-0.15, -0.1) is 0 Å². The molecule has 0 aliphatic heterocycles. The number of methoxy groups -OCH3 is 2. The Labute approximate surface area is 133 Å². The van der Waals surface area contributed by atoms with Gasteiger partial charge in [0.05, 0.1) is 20.8 Å². The van der Waals surface area contributed by atoms with E-state index in [4.69, 9.17) is 18.9 Å². The van der Waals surface area contributed by atoms with Crippen LogP contribution >= 0.6 is 0 Å². The molecule has 4 heteroatoms. The molecular formula is C18H26O4. The van der Waals surface area contributed by atoms with Gasteiger partial charge in [0.1, 0.15) is 17.8 Å². The summed E-state index contributed by atoms with van der Waals surface area (Å²) in [6.45, 7) is 12.5. The molecule has 0 aromatic heterocycles. The summed E-state index contributed by atoms with van der Waals surface area (Å²) in [6, 6.07) is 3.96. The van der Waals surface area contributed by atoms with Crippen LogP contribution in [0.1, 0.15) is 37.8 Å². The molecule has 0 saturated carbocycles. The largest absolute Gasteiger partial charge is 0.500 e. The summed E-state index contributed by atoms with van der Waals surface area (Å²) in [4.78, 5) is 0. The molecule has 0 aliphatic rings. The van der Waals surface area contributed by atoms with Gasteiger partial charge in [0.15, 0.2) is 5.76 Å². The van der Waals surface area contributed by atoms with Gasteiger partial charge >= 0.3 is 0 Å². The fourth-order valence-corrected chi connectivity index (χ4v) is 2.05. The Bertz CT molecular complexity index is 544. The first-order valence-corrected chi connectivity index (χ1v) is 7.35. The standard InChI is InChI=1S/C18H26O4/c1-8-21-14(5)18(11-19-6)22-17-9-13(4)16(20-7)10-15(17)12(2)3/h9-12H,5,8H2,1-4,6-7H3/b18-11+. The second kappa shape index (κ2) is 8.37. The number of rotatable bonds is 8. The van der Waals surface area contributed by atoms with Crippen LogP contribution < -0.4 is 9.47 Å². The zero-order valence-electron chi connectivity index (χ0n) is 14.4. The van der Waals surface area contributed by atoms with E-state index in [0.29, 0.717) is 18.1 Å². The molecule has 0 radical (unpaired) electrons. The van der Waals surface area contributed by atoms with E-state index in [1.165, 1.54) is 6.26 Å². The van der Waals surface area contributed by atoms with Crippen molar-refractivity contribution >= 4 is 0 Å². The predicted molar refractivity (Wildman–Crippen MR) is 88.3 cm³/mol. The summed E-state index contributed by atoms with van der Waals surface area (Å²) in [5, 5.41) is 0. The molecular weight excluding hydrogens is 280 g/mol. The van der Waals surface area contributed by atoms with E-state index in [9.17, 15) is 0 Å². The smallest absolute Gasteiger partial charge is 0.202 e. The van der Waals surface area contributed by atoms with Gasteiger partial charge in [0, 0.05) is 5.56 Å². The zero-order chi connectivity index (χ0) is 16.7. The van der Waals surface area contributed by atoms with Crippen molar-refractivity contribution in [3.8, 4) is 11.5 Å². The summed E-state index contributed by atoms with van der Waals surface area (Å²) < 4.78 is 21.9. The molecule has 0 bridgehead atoms. The van der Waals surface area contributed by atoms with Crippen LogP contribution in [0.25, 0.3) is 0 Å². The quantitative estimate of drug-likeness (QED) is 0.522. The molecule has 0 aliphatic carbocycles. The van der Waals surface area contributed by atoms with Crippen LogP contribution in [0.2, 0.25) is 0 Å². The fraction of sp³-hybridized carbons (Fsp3) is 0.444. The highest BCUT2D eigenvalue weighted by Crippen LogP contribution is 2.35. The van der Waals surface area contributed by atoms with Crippen molar-refractivity contribution in [3.05, 3.63) is 47.6 Å². The van der Waals surface area contributed by atoms with Crippen molar-refractivity contribution < 1.29 is 18.9 Å². The molecule has 122 valence electrons. The highest BCUT2D eigenvalue weighted by molar-refractivity contribution is 5.48. The Morgan fingerprint density at radius 2 is 1.91 bits per heavy atom. The van der Waals surface area contributed by atoms with Crippen LogP contribution in [-0.2, 0) is 9.47 Å². The Kier molecular flexibility index (Phi) is 6.83. The van der Waals surface area contributed by atoms with Gasteiger partial charge in [-0.2, -0.15) is 0 Å². The highest BCUT2D eigenvalue weighted by Gasteiger charge is 2.16. The van der Waals surface area contributed by atoms with Crippen LogP contribution in [0.4, 0.5) is 0 Å². The van der Waals surface area contributed by atoms with Crippen molar-refractivity contribution in [1.29, 1.82) is 0 Å². The fourth-order valence-electron chi connectivity index (χ4n) is 2.05. The van der Waals surface area contributed by atoms with Crippen LogP contribution in [0, 0.1) is 6.92 Å². The van der Waals surface area contributed by atoms with Crippen LogP contribution in [-0.4, -0.2) is 20.8 Å². The number of aryl methyl sites for hydroxylation is 1. The highest BCUT2D eigenvalue weighted by atomic mass is 16.5. The lowest BCUT2D eigenvalue weighted by molar-refractivity contribution is 0.204. The van der Waals surface area contributed by atoms with Crippen molar-refractivity contribution in [2.24, 2.45) is 0 Å². The van der Waals surface area contributed by atoms with Crippen molar-refractivity contribution in [3.63, 3.8) is 0 Å². The molecule has 1 aromatic carbocycles. The van der Waals surface area contributed by atoms with E-state index in [1.807, 2.05) is 26.0 Å². The molecule has 0 heterocycles. The van der Waals surface area contributed by atoms with Gasteiger partial charge < -0.3 is 18.9 Å². The number of hydrogen-bond donors (Lipinski definition) is 0. The van der Waals surface area contributed by atoms with Gasteiger partial charge in [-0.3, -0.25) is 0 Å². The molecule has 0 fully saturated rings. The summed E-state index contributed by atoms with van der Waals surface area (Å²) >= 11 is 0. The third-order valence-electron chi connectivity index (χ3n) is 3.19. The van der Waals surface area contributed by atoms with E-state index in [-0.39, 0.29) is 5.92 Å². The van der Waals surface area contributed by atoms with E-state index < -0.39 is 0 Å². The average Bonchev–Trinajstić information content (AvgIpc) is 2.46. The maximum Gasteiger partial charge on any atom is 0.202 e. The van der Waals surface area contributed by atoms with Crippen molar-refractivity contribution in [1.82, 2.24) is 0 Å². The molecule has 0 atom stereocenters. The zero-order valence-corrected chi connectivity index (χ0v) is 14.4. The Balaban J connectivity index is 3.21. The van der Waals surface area contributed by atoms with Gasteiger partial charge in [0.25, 0.3) is 0 Å². The molecule has 0 amide bonds. The van der Waals surface area contributed by atoms with Crippen LogP contribution in [0.3, 0.4) is 0 Å². The molecule has 0 N–H and O–H groups in total. The Morgan fingerprint density at radius 1 is 1.23 bits per heavy atom. The van der Waals surface area contributed by atoms with E-state index in [1.54, 1.807) is 14.2 Å². The lowest BCUT2D eigenvalue weighted by Crippen LogP contribution is -2.06. The van der Waals surface area contributed by atoms with Gasteiger partial charge in [-0.1, -0.05) is 20.4 Å². The molecule has 0 saturated heterocycles. The number of benzene rings is 1. The topological polar surface area (TPSA) is 36.9 Å². The monoisotopic (exact) mass is 306 g/mol. The molecule has 0 unspecified atom stereocenters. The number of hydrogen-bond acceptors (Lipinski definition) is 4. The normalized spacial score (nSPS) is 11.3. The van der Waals surface area contributed by atoms with Gasteiger partial charge in [-0.25, -0.2) is 0 Å². The molecule has 22 heavy (non-hydrogen) atoms. The SMILES string of the molecule is C=C(OCC)/C(=C\OC)Oc1cc(C)c(OC)cc1C(C)C. The molecule has 1 rings (SSSR count). The minimum atomic E-state index is 0.286. The second-order valence-corrected chi connectivity index (χ2v) is 5.19. The average molecular weight is 306 g/mol. The maximum absolute atomic E-state index is 6.00. The second-order valence-electron chi connectivity index (χ2n) is 5.19. The predicted octanol–water partition coefficient (Wildman–Crippen LogP) is 4.54. The Morgan fingerprint density at radius 3 is 2.41 bits per heavy atom. The van der Waals surface area contributed by atoms with Crippen LogP contribution in [0.5, 0.6) is 11.5 Å². The third-order valence-corrected chi connectivity index (χ3v) is 3.19. The lowest BCUT2D eigenvalue weighted by Gasteiger charge is -2.19.